The molecule has 70 valence electrons. The normalized spacial score (nSPS) is 11.5. The number of nitrogens with zero attached hydrogens (tertiary/aromatic N) is 1. The van der Waals surface area contributed by atoms with Crippen molar-refractivity contribution in [2.45, 2.75) is 6.92 Å². The van der Waals surface area contributed by atoms with Crippen LogP contribution in [0, 0.1) is 0 Å². The van der Waals surface area contributed by atoms with Crippen molar-refractivity contribution in [3.8, 4) is 5.88 Å². The highest BCUT2D eigenvalue weighted by Crippen LogP contribution is 2.10. The van der Waals surface area contributed by atoms with Gasteiger partial charge in [-0.25, -0.2) is 4.98 Å². The van der Waals surface area contributed by atoms with Gasteiger partial charge in [-0.15, -0.1) is 11.6 Å². The quantitative estimate of drug-likeness (QED) is 0.696. The van der Waals surface area contributed by atoms with E-state index in [-0.39, 0.29) is 0 Å². The van der Waals surface area contributed by atoms with E-state index in [9.17, 15) is 0 Å². The van der Waals surface area contributed by atoms with E-state index in [1.165, 1.54) is 0 Å². The van der Waals surface area contributed by atoms with Crippen LogP contribution in [0.25, 0.3) is 6.08 Å². The summed E-state index contributed by atoms with van der Waals surface area (Å²) in [5, 5.41) is 0. The van der Waals surface area contributed by atoms with Gasteiger partial charge in [0.1, 0.15) is 0 Å². The second-order valence-corrected chi connectivity index (χ2v) is 3.00. The zero-order chi connectivity index (χ0) is 9.68. The van der Waals surface area contributed by atoms with Crippen molar-refractivity contribution in [2.75, 3.05) is 13.0 Å². The molecule has 13 heavy (non-hydrogen) atoms. The molecule has 0 bridgehead atoms. The summed E-state index contributed by atoms with van der Waals surface area (Å²) in [6.07, 6.45) is 1.94. The van der Waals surface area contributed by atoms with Crippen LogP contribution in [-0.4, -0.2) is 18.0 Å². The number of pyridine rings is 1. The first-order valence-corrected chi connectivity index (χ1v) is 4.54. The molecule has 0 aliphatic rings. The molecule has 0 unspecified atom stereocenters. The summed E-state index contributed by atoms with van der Waals surface area (Å²) in [6, 6.07) is 5.63. The largest absolute Gasteiger partial charge is 0.481 e. The number of alkyl halides is 1. The molecule has 0 atom stereocenters. The summed E-state index contributed by atoms with van der Waals surface area (Å²) in [7, 11) is 1.60. The van der Waals surface area contributed by atoms with Gasteiger partial charge in [0.25, 0.3) is 0 Å². The lowest BCUT2D eigenvalue weighted by atomic mass is 10.2. The first kappa shape index (κ1) is 10.1. The van der Waals surface area contributed by atoms with Crippen LogP contribution in [0.15, 0.2) is 23.8 Å². The number of halogens is 1. The number of allylic oxidation sites excluding steroid dienone is 1. The fraction of sp³-hybridized carbons (Fsp3) is 0.300. The Bertz CT molecular complexity index is 310. The molecule has 1 rings (SSSR count). The molecule has 0 aliphatic heterocycles. The molecule has 3 heteroatoms. The molecular weight excluding hydrogens is 186 g/mol. The fourth-order valence-electron chi connectivity index (χ4n) is 0.916. The lowest BCUT2D eigenvalue weighted by Gasteiger charge is -1.99. The molecule has 0 aliphatic carbocycles. The Balaban J connectivity index is 2.89. The Hall–Kier alpha value is -1.02. The number of rotatable bonds is 3. The van der Waals surface area contributed by atoms with Crippen LogP contribution in [0.2, 0.25) is 0 Å². The van der Waals surface area contributed by atoms with E-state index in [1.807, 2.05) is 31.2 Å². The van der Waals surface area contributed by atoms with Crippen LogP contribution in [0.3, 0.4) is 0 Å². The molecule has 2 nitrogen and oxygen atoms in total. The maximum Gasteiger partial charge on any atom is 0.213 e. The average Bonchev–Trinajstić information content (AvgIpc) is 2.18. The van der Waals surface area contributed by atoms with Gasteiger partial charge in [0.2, 0.25) is 5.88 Å². The maximum absolute atomic E-state index is 5.65. The van der Waals surface area contributed by atoms with Gasteiger partial charge < -0.3 is 4.74 Å². The number of hydrogen-bond acceptors (Lipinski definition) is 2. The van der Waals surface area contributed by atoms with E-state index in [4.69, 9.17) is 16.3 Å². The molecule has 1 aromatic rings. The molecule has 0 amide bonds. The fourth-order valence-corrected chi connectivity index (χ4v) is 0.993. The Labute approximate surface area is 83.2 Å². The predicted octanol–water partition coefficient (Wildman–Crippen LogP) is 2.73. The molecular formula is C10H12ClNO. The first-order valence-electron chi connectivity index (χ1n) is 4.00. The van der Waals surface area contributed by atoms with Gasteiger partial charge >= 0.3 is 0 Å². The minimum atomic E-state index is 0.527. The Morgan fingerprint density at radius 2 is 2.38 bits per heavy atom. The van der Waals surface area contributed by atoms with Gasteiger partial charge in [-0.05, 0) is 19.1 Å². The standard InChI is InChI=1S/C10H12ClNO/c1-8(7-11)6-9-4-3-5-10(12-9)13-2/h3-6H,7H2,1-2H3/b8-6-. The topological polar surface area (TPSA) is 22.1 Å². The number of aromatic nitrogens is 1. The third-order valence-corrected chi connectivity index (χ3v) is 1.98. The Morgan fingerprint density at radius 3 is 3.00 bits per heavy atom. The molecule has 0 spiro atoms. The molecule has 1 heterocycles. The van der Waals surface area contributed by atoms with Gasteiger partial charge in [-0.1, -0.05) is 11.6 Å². The van der Waals surface area contributed by atoms with Crippen LogP contribution in [0.5, 0.6) is 5.88 Å². The van der Waals surface area contributed by atoms with Crippen LogP contribution < -0.4 is 4.74 Å². The minimum Gasteiger partial charge on any atom is -0.481 e. The second-order valence-electron chi connectivity index (χ2n) is 2.73. The third-order valence-electron chi connectivity index (χ3n) is 1.56. The van der Waals surface area contributed by atoms with Crippen molar-refractivity contribution < 1.29 is 4.74 Å². The van der Waals surface area contributed by atoms with Crippen LogP contribution in [0.1, 0.15) is 12.6 Å². The zero-order valence-electron chi connectivity index (χ0n) is 7.75. The highest BCUT2D eigenvalue weighted by atomic mass is 35.5. The van der Waals surface area contributed by atoms with Crippen LogP contribution in [-0.2, 0) is 0 Å². The van der Waals surface area contributed by atoms with Crippen molar-refractivity contribution in [2.24, 2.45) is 0 Å². The van der Waals surface area contributed by atoms with E-state index in [0.29, 0.717) is 11.8 Å². The van der Waals surface area contributed by atoms with E-state index >= 15 is 0 Å². The molecule has 0 aromatic carbocycles. The summed E-state index contributed by atoms with van der Waals surface area (Å²) in [5.74, 6) is 1.15. The van der Waals surface area contributed by atoms with Gasteiger partial charge in [0, 0.05) is 11.9 Å². The second kappa shape index (κ2) is 4.87. The smallest absolute Gasteiger partial charge is 0.213 e. The van der Waals surface area contributed by atoms with Gasteiger partial charge in [-0.2, -0.15) is 0 Å². The summed E-state index contributed by atoms with van der Waals surface area (Å²) < 4.78 is 5.00. The first-order chi connectivity index (χ1) is 6.26. The van der Waals surface area contributed by atoms with Crippen molar-refractivity contribution in [3.63, 3.8) is 0 Å². The van der Waals surface area contributed by atoms with Gasteiger partial charge in [-0.3, -0.25) is 0 Å². The van der Waals surface area contributed by atoms with Crippen molar-refractivity contribution in [1.82, 2.24) is 4.98 Å². The minimum absolute atomic E-state index is 0.527. The summed E-state index contributed by atoms with van der Waals surface area (Å²) >= 11 is 5.65. The van der Waals surface area contributed by atoms with Gasteiger partial charge in [0.15, 0.2) is 0 Å². The lowest BCUT2D eigenvalue weighted by Crippen LogP contribution is -1.89. The van der Waals surface area contributed by atoms with Crippen molar-refractivity contribution in [1.29, 1.82) is 0 Å². The highest BCUT2D eigenvalue weighted by Gasteiger charge is 1.94. The molecule has 1 aromatic heterocycles. The van der Waals surface area contributed by atoms with E-state index < -0.39 is 0 Å². The zero-order valence-corrected chi connectivity index (χ0v) is 8.51. The lowest BCUT2D eigenvalue weighted by molar-refractivity contribution is 0.397. The van der Waals surface area contributed by atoms with E-state index in [1.54, 1.807) is 7.11 Å². The maximum atomic E-state index is 5.65. The van der Waals surface area contributed by atoms with Crippen molar-refractivity contribution >= 4 is 17.7 Å². The van der Waals surface area contributed by atoms with E-state index in [0.717, 1.165) is 11.3 Å². The summed E-state index contributed by atoms with van der Waals surface area (Å²) in [4.78, 5) is 4.22. The summed E-state index contributed by atoms with van der Waals surface area (Å²) in [5.41, 5.74) is 1.96. The monoisotopic (exact) mass is 197 g/mol. The molecule has 0 saturated carbocycles. The van der Waals surface area contributed by atoms with E-state index in [2.05, 4.69) is 4.98 Å². The molecule has 0 fully saturated rings. The summed E-state index contributed by atoms with van der Waals surface area (Å²) in [6.45, 7) is 1.97. The number of ether oxygens (including phenoxy) is 1. The van der Waals surface area contributed by atoms with Crippen molar-refractivity contribution in [3.05, 3.63) is 29.5 Å². The molecule has 0 radical (unpaired) electrons. The SMILES string of the molecule is COc1cccc(/C=C(/C)CCl)n1. The predicted molar refractivity (Wildman–Crippen MR) is 55.2 cm³/mol. The Morgan fingerprint density at radius 1 is 1.62 bits per heavy atom. The van der Waals surface area contributed by atoms with Crippen LogP contribution >= 0.6 is 11.6 Å². The Kier molecular flexibility index (Phi) is 3.77. The third kappa shape index (κ3) is 3.07. The molecule has 0 N–H and O–H groups in total. The highest BCUT2D eigenvalue weighted by molar-refractivity contribution is 6.19. The van der Waals surface area contributed by atoms with Crippen LogP contribution in [0.4, 0.5) is 0 Å². The molecule has 0 saturated heterocycles. The number of methoxy groups -OCH3 is 1. The average molecular weight is 198 g/mol. The number of hydrogen-bond donors (Lipinski definition) is 0. The van der Waals surface area contributed by atoms with Gasteiger partial charge in [0.05, 0.1) is 12.8 Å².